The minimum atomic E-state index is -0.490. The molecule has 34 heavy (non-hydrogen) atoms. The van der Waals surface area contributed by atoms with Gasteiger partial charge in [0.2, 0.25) is 0 Å². The Morgan fingerprint density at radius 1 is 1.03 bits per heavy atom. The van der Waals surface area contributed by atoms with Crippen LogP contribution in [0.25, 0.3) is 16.7 Å². The SMILES string of the molecule is CCN(CC)c1ccc(-n2nc3cc(C)c(NC(=O)c4cccc([N+](=O)[O-])c4C)cc3n2)cc1. The number of rotatable bonds is 7. The number of anilines is 2. The molecule has 0 saturated heterocycles. The van der Waals surface area contributed by atoms with Crippen LogP contribution in [-0.4, -0.2) is 38.9 Å². The molecule has 0 saturated carbocycles. The van der Waals surface area contributed by atoms with Crippen molar-refractivity contribution in [3.05, 3.63) is 81.4 Å². The van der Waals surface area contributed by atoms with Gasteiger partial charge in [0, 0.05) is 41.7 Å². The second-order valence-corrected chi connectivity index (χ2v) is 7.99. The largest absolute Gasteiger partial charge is 0.372 e. The van der Waals surface area contributed by atoms with E-state index in [-0.39, 0.29) is 11.3 Å². The fourth-order valence-electron chi connectivity index (χ4n) is 3.96. The lowest BCUT2D eigenvalue weighted by Gasteiger charge is -2.20. The Balaban J connectivity index is 1.62. The number of nitro benzene ring substituents is 1. The number of carbonyl (C=O) groups excluding carboxylic acids is 1. The minimum absolute atomic E-state index is 0.0882. The van der Waals surface area contributed by atoms with E-state index in [0.29, 0.717) is 22.3 Å². The summed E-state index contributed by atoms with van der Waals surface area (Å²) in [4.78, 5) is 27.4. The van der Waals surface area contributed by atoms with E-state index >= 15 is 0 Å². The number of carbonyl (C=O) groups is 1. The number of benzene rings is 3. The topological polar surface area (TPSA) is 106 Å². The molecule has 9 nitrogen and oxygen atoms in total. The zero-order valence-electron chi connectivity index (χ0n) is 19.6. The van der Waals surface area contributed by atoms with Crippen LogP contribution in [0, 0.1) is 24.0 Å². The zero-order valence-corrected chi connectivity index (χ0v) is 19.6. The maximum atomic E-state index is 12.9. The van der Waals surface area contributed by atoms with E-state index in [9.17, 15) is 14.9 Å². The van der Waals surface area contributed by atoms with Gasteiger partial charge in [-0.1, -0.05) is 6.07 Å². The normalized spacial score (nSPS) is 10.9. The van der Waals surface area contributed by atoms with Gasteiger partial charge in [-0.05, 0) is 75.7 Å². The van der Waals surface area contributed by atoms with Gasteiger partial charge >= 0.3 is 0 Å². The third-order valence-electron chi connectivity index (χ3n) is 5.93. The molecular weight excluding hydrogens is 432 g/mol. The van der Waals surface area contributed by atoms with E-state index in [1.165, 1.54) is 12.1 Å². The lowest BCUT2D eigenvalue weighted by Crippen LogP contribution is -2.21. The number of hydrogen-bond acceptors (Lipinski definition) is 6. The van der Waals surface area contributed by atoms with E-state index in [1.807, 2.05) is 25.1 Å². The monoisotopic (exact) mass is 458 g/mol. The van der Waals surface area contributed by atoms with E-state index in [4.69, 9.17) is 0 Å². The van der Waals surface area contributed by atoms with Crippen LogP contribution in [0.4, 0.5) is 17.1 Å². The summed E-state index contributed by atoms with van der Waals surface area (Å²) in [7, 11) is 0. The summed E-state index contributed by atoms with van der Waals surface area (Å²) >= 11 is 0. The van der Waals surface area contributed by atoms with Crippen molar-refractivity contribution in [1.29, 1.82) is 0 Å². The number of fused-ring (bicyclic) bond motifs is 1. The molecular formula is C25H26N6O3. The van der Waals surface area contributed by atoms with Gasteiger partial charge in [-0.25, -0.2) is 0 Å². The van der Waals surface area contributed by atoms with Crippen LogP contribution in [0.3, 0.4) is 0 Å². The van der Waals surface area contributed by atoms with Crippen LogP contribution in [0.5, 0.6) is 0 Å². The molecule has 4 rings (SSSR count). The molecule has 0 spiro atoms. The van der Waals surface area contributed by atoms with Gasteiger partial charge < -0.3 is 10.2 Å². The van der Waals surface area contributed by atoms with Crippen LogP contribution in [0.15, 0.2) is 54.6 Å². The predicted octanol–water partition coefficient (Wildman–Crippen LogP) is 5.04. The smallest absolute Gasteiger partial charge is 0.273 e. The Kier molecular flexibility index (Phi) is 6.27. The quantitative estimate of drug-likeness (QED) is 0.307. The number of aromatic nitrogens is 3. The van der Waals surface area contributed by atoms with Crippen LogP contribution < -0.4 is 10.2 Å². The molecule has 0 atom stereocenters. The average Bonchev–Trinajstić information content (AvgIpc) is 3.23. The first-order valence-electron chi connectivity index (χ1n) is 11.1. The van der Waals surface area contributed by atoms with E-state index in [0.717, 1.165) is 30.0 Å². The second-order valence-electron chi connectivity index (χ2n) is 7.99. The molecule has 1 N–H and O–H groups in total. The zero-order chi connectivity index (χ0) is 24.4. The predicted molar refractivity (Wildman–Crippen MR) is 133 cm³/mol. The standard InChI is InChI=1S/C25H26N6O3/c1-5-29(6-2)18-10-12-19(13-11-18)30-27-22-14-16(3)21(15-23(22)28-30)26-25(32)20-8-7-9-24(17(20)4)31(33)34/h7-15H,5-6H2,1-4H3,(H,26,32). The van der Waals surface area contributed by atoms with Gasteiger partial charge in [-0.15, -0.1) is 10.2 Å². The van der Waals surface area contributed by atoms with E-state index < -0.39 is 10.8 Å². The number of nitrogens with zero attached hydrogens (tertiary/aromatic N) is 5. The lowest BCUT2D eigenvalue weighted by molar-refractivity contribution is -0.385. The number of amides is 1. The third kappa shape index (κ3) is 4.32. The number of nitro groups is 1. The van der Waals surface area contributed by atoms with Crippen molar-refractivity contribution in [2.45, 2.75) is 27.7 Å². The molecule has 1 amide bonds. The highest BCUT2D eigenvalue weighted by atomic mass is 16.6. The van der Waals surface area contributed by atoms with Crippen molar-refractivity contribution in [3.8, 4) is 5.69 Å². The molecule has 1 aromatic heterocycles. The van der Waals surface area contributed by atoms with Crippen LogP contribution in [0.1, 0.15) is 35.3 Å². The van der Waals surface area contributed by atoms with Crippen molar-refractivity contribution in [3.63, 3.8) is 0 Å². The molecule has 9 heteroatoms. The summed E-state index contributed by atoms with van der Waals surface area (Å²) in [5.74, 6) is -0.414. The highest BCUT2D eigenvalue weighted by molar-refractivity contribution is 6.07. The molecule has 0 aliphatic heterocycles. The first-order chi connectivity index (χ1) is 16.3. The molecule has 0 bridgehead atoms. The Bertz CT molecular complexity index is 1370. The van der Waals surface area contributed by atoms with Crippen molar-refractivity contribution in [2.75, 3.05) is 23.3 Å². The summed E-state index contributed by atoms with van der Waals surface area (Å²) in [6, 6.07) is 16.2. The molecule has 4 aromatic rings. The highest BCUT2D eigenvalue weighted by Crippen LogP contribution is 2.26. The van der Waals surface area contributed by atoms with Gasteiger partial charge in [0.05, 0.1) is 10.6 Å². The Morgan fingerprint density at radius 2 is 1.68 bits per heavy atom. The van der Waals surface area contributed by atoms with E-state index in [1.54, 1.807) is 23.9 Å². The maximum absolute atomic E-state index is 12.9. The summed E-state index contributed by atoms with van der Waals surface area (Å²) in [6.45, 7) is 9.55. The average molecular weight is 459 g/mol. The molecule has 3 aromatic carbocycles. The van der Waals surface area contributed by atoms with Gasteiger partial charge in [0.25, 0.3) is 11.6 Å². The lowest BCUT2D eigenvalue weighted by atomic mass is 10.1. The fraction of sp³-hybridized carbons (Fsp3) is 0.240. The Labute approximate surface area is 197 Å². The van der Waals surface area contributed by atoms with Gasteiger partial charge in [0.15, 0.2) is 0 Å². The summed E-state index contributed by atoms with van der Waals surface area (Å²) in [5.41, 5.74) is 5.19. The molecule has 0 aliphatic rings. The first kappa shape index (κ1) is 22.9. The van der Waals surface area contributed by atoms with Crippen molar-refractivity contribution >= 4 is 34.0 Å². The third-order valence-corrected chi connectivity index (χ3v) is 5.93. The molecule has 0 radical (unpaired) electrons. The molecule has 174 valence electrons. The Morgan fingerprint density at radius 3 is 2.29 bits per heavy atom. The second kappa shape index (κ2) is 9.30. The van der Waals surface area contributed by atoms with Crippen LogP contribution in [-0.2, 0) is 0 Å². The minimum Gasteiger partial charge on any atom is -0.372 e. The first-order valence-corrected chi connectivity index (χ1v) is 11.1. The summed E-state index contributed by atoms with van der Waals surface area (Å²) < 4.78 is 0. The molecule has 0 fully saturated rings. The van der Waals surface area contributed by atoms with Crippen molar-refractivity contribution in [1.82, 2.24) is 15.0 Å². The van der Waals surface area contributed by atoms with Gasteiger partial charge in [-0.2, -0.15) is 4.80 Å². The highest BCUT2D eigenvalue weighted by Gasteiger charge is 2.19. The van der Waals surface area contributed by atoms with Crippen LogP contribution in [0.2, 0.25) is 0 Å². The van der Waals surface area contributed by atoms with Crippen molar-refractivity contribution in [2.24, 2.45) is 0 Å². The number of hydrogen-bond donors (Lipinski definition) is 1. The maximum Gasteiger partial charge on any atom is 0.273 e. The van der Waals surface area contributed by atoms with Gasteiger partial charge in [-0.3, -0.25) is 14.9 Å². The van der Waals surface area contributed by atoms with Gasteiger partial charge in [0.1, 0.15) is 11.0 Å². The fourth-order valence-corrected chi connectivity index (χ4v) is 3.96. The molecule has 1 heterocycles. The van der Waals surface area contributed by atoms with Crippen LogP contribution >= 0.6 is 0 Å². The summed E-state index contributed by atoms with van der Waals surface area (Å²) in [5, 5.41) is 23.2. The molecule has 0 unspecified atom stereocenters. The van der Waals surface area contributed by atoms with Crippen molar-refractivity contribution < 1.29 is 9.72 Å². The Hall–Kier alpha value is -4.27. The number of nitrogens with one attached hydrogen (secondary N) is 1. The number of aryl methyl sites for hydroxylation is 1. The summed E-state index contributed by atoms with van der Waals surface area (Å²) in [6.07, 6.45) is 0. The van der Waals surface area contributed by atoms with E-state index in [2.05, 4.69) is 46.4 Å². The molecule has 0 aliphatic carbocycles.